The van der Waals surface area contributed by atoms with Gasteiger partial charge in [0.2, 0.25) is 5.95 Å². The number of amides is 1. The van der Waals surface area contributed by atoms with Crippen molar-refractivity contribution in [3.63, 3.8) is 0 Å². The maximum atomic E-state index is 14.1. The Kier molecular flexibility index (Phi) is 7.19. The molecule has 2 aliphatic heterocycles. The molecule has 0 unspecified atom stereocenters. The number of likely N-dealkylation sites (N-methyl/N-ethyl adjacent to an activating group) is 1. The molecule has 0 spiro atoms. The number of halogens is 3. The van der Waals surface area contributed by atoms with E-state index in [0.29, 0.717) is 35.4 Å². The molecule has 2 aromatic carbocycles. The lowest BCUT2D eigenvalue weighted by molar-refractivity contribution is -0.124. The lowest BCUT2D eigenvalue weighted by Crippen LogP contribution is -2.43. The monoisotopic (exact) mass is 625 g/mol. The zero-order valence-electron chi connectivity index (χ0n) is 20.4. The van der Waals surface area contributed by atoms with Gasteiger partial charge in [-0.05, 0) is 62.8 Å². The van der Waals surface area contributed by atoms with Gasteiger partial charge in [0, 0.05) is 40.6 Å². The Bertz CT molecular complexity index is 1440. The van der Waals surface area contributed by atoms with Crippen molar-refractivity contribution in [2.75, 3.05) is 38.1 Å². The molecule has 37 heavy (non-hydrogen) atoms. The van der Waals surface area contributed by atoms with Crippen molar-refractivity contribution >= 4 is 66.7 Å². The van der Waals surface area contributed by atoms with E-state index in [9.17, 15) is 13.2 Å². The standard InChI is InChI=1S/C25H26BrCl2N5O3S/c1-25(15-17-4-6-18(26)7-5-17)23(34)32(21-13-19(27)12-20(28)14-21)24-29-16-22(33(24)25)37(35,36)31-9-3-8-30(2)10-11-31/h4-7,12-14,16H,3,8-11,15H2,1-2H3/t25-/m1/s1. The first kappa shape index (κ1) is 26.6. The summed E-state index contributed by atoms with van der Waals surface area (Å²) in [5.74, 6) is -0.0997. The molecule has 196 valence electrons. The van der Waals surface area contributed by atoms with Crippen molar-refractivity contribution in [1.82, 2.24) is 18.8 Å². The first-order valence-corrected chi connectivity index (χ1v) is 14.8. The molecule has 1 amide bonds. The Morgan fingerprint density at radius 3 is 2.38 bits per heavy atom. The van der Waals surface area contributed by atoms with Crippen molar-refractivity contribution in [2.24, 2.45) is 0 Å². The molecule has 0 bridgehead atoms. The molecule has 1 saturated heterocycles. The van der Waals surface area contributed by atoms with Crippen molar-refractivity contribution in [1.29, 1.82) is 0 Å². The molecule has 0 radical (unpaired) electrons. The topological polar surface area (TPSA) is 78.8 Å². The summed E-state index contributed by atoms with van der Waals surface area (Å²) in [7, 11) is -1.96. The minimum absolute atomic E-state index is 0.00404. The average Bonchev–Trinajstić information content (AvgIpc) is 3.26. The van der Waals surface area contributed by atoms with Gasteiger partial charge in [-0.2, -0.15) is 4.31 Å². The first-order valence-electron chi connectivity index (χ1n) is 11.8. The van der Waals surface area contributed by atoms with Gasteiger partial charge in [0.15, 0.2) is 5.03 Å². The molecule has 12 heteroatoms. The van der Waals surface area contributed by atoms with Crippen LogP contribution in [0, 0.1) is 0 Å². The van der Waals surface area contributed by atoms with Gasteiger partial charge in [-0.1, -0.05) is 51.3 Å². The van der Waals surface area contributed by atoms with E-state index in [4.69, 9.17) is 23.2 Å². The predicted molar refractivity (Wildman–Crippen MR) is 148 cm³/mol. The van der Waals surface area contributed by atoms with Crippen LogP contribution in [0.5, 0.6) is 0 Å². The number of imidazole rings is 1. The highest BCUT2D eigenvalue weighted by atomic mass is 79.9. The zero-order valence-corrected chi connectivity index (χ0v) is 24.3. The van der Waals surface area contributed by atoms with E-state index in [1.165, 1.54) is 15.4 Å². The Balaban J connectivity index is 1.66. The van der Waals surface area contributed by atoms with Crippen LogP contribution in [0.3, 0.4) is 0 Å². The van der Waals surface area contributed by atoms with E-state index in [-0.39, 0.29) is 23.3 Å². The second-order valence-corrected chi connectivity index (χ2v) is 13.3. The molecule has 1 fully saturated rings. The van der Waals surface area contributed by atoms with Gasteiger partial charge < -0.3 is 4.90 Å². The Morgan fingerprint density at radius 2 is 1.70 bits per heavy atom. The van der Waals surface area contributed by atoms with Crippen LogP contribution in [0.25, 0.3) is 0 Å². The van der Waals surface area contributed by atoms with Crippen LogP contribution in [0.1, 0.15) is 18.9 Å². The second kappa shape index (κ2) is 9.98. The van der Waals surface area contributed by atoms with Crippen LogP contribution in [0.4, 0.5) is 11.6 Å². The van der Waals surface area contributed by atoms with Gasteiger partial charge in [0.25, 0.3) is 15.9 Å². The zero-order chi connectivity index (χ0) is 26.5. The molecular weight excluding hydrogens is 601 g/mol. The minimum Gasteiger partial charge on any atom is -0.305 e. The quantitative estimate of drug-likeness (QED) is 0.402. The smallest absolute Gasteiger partial charge is 0.260 e. The number of hydrogen-bond acceptors (Lipinski definition) is 5. The summed E-state index contributed by atoms with van der Waals surface area (Å²) in [5.41, 5.74) is 0.0399. The number of aromatic nitrogens is 2. The predicted octanol–water partition coefficient (Wildman–Crippen LogP) is 4.91. The number of fused-ring (bicyclic) bond motifs is 1. The molecule has 1 aromatic heterocycles. The third-order valence-electron chi connectivity index (χ3n) is 6.92. The summed E-state index contributed by atoms with van der Waals surface area (Å²) in [4.78, 5) is 22.1. The summed E-state index contributed by atoms with van der Waals surface area (Å²) in [6.07, 6.45) is 2.34. The van der Waals surface area contributed by atoms with E-state index in [0.717, 1.165) is 23.0 Å². The van der Waals surface area contributed by atoms with Crippen molar-refractivity contribution < 1.29 is 13.2 Å². The molecule has 5 rings (SSSR count). The molecular formula is C25H26BrCl2N5O3S. The van der Waals surface area contributed by atoms with Crippen LogP contribution >= 0.6 is 39.1 Å². The summed E-state index contributed by atoms with van der Waals surface area (Å²) >= 11 is 16.0. The molecule has 0 N–H and O–H groups in total. The number of hydrogen-bond donors (Lipinski definition) is 0. The maximum Gasteiger partial charge on any atom is 0.260 e. The summed E-state index contributed by atoms with van der Waals surface area (Å²) in [5, 5.41) is 0.712. The number of benzene rings is 2. The summed E-state index contributed by atoms with van der Waals surface area (Å²) in [6.45, 7) is 3.97. The van der Waals surface area contributed by atoms with Crippen molar-refractivity contribution in [2.45, 2.75) is 30.3 Å². The first-order chi connectivity index (χ1) is 17.5. The van der Waals surface area contributed by atoms with Crippen molar-refractivity contribution in [3.05, 3.63) is 68.7 Å². The van der Waals surface area contributed by atoms with E-state index in [1.807, 2.05) is 31.3 Å². The Morgan fingerprint density at radius 1 is 1.03 bits per heavy atom. The highest BCUT2D eigenvalue weighted by molar-refractivity contribution is 9.10. The largest absolute Gasteiger partial charge is 0.305 e. The fourth-order valence-electron chi connectivity index (χ4n) is 5.01. The summed E-state index contributed by atoms with van der Waals surface area (Å²) < 4.78 is 31.9. The second-order valence-electron chi connectivity index (χ2n) is 9.64. The van der Waals surface area contributed by atoms with Crippen molar-refractivity contribution in [3.8, 4) is 0 Å². The van der Waals surface area contributed by atoms with Crippen LogP contribution < -0.4 is 4.90 Å². The number of rotatable bonds is 5. The number of carbonyl (C=O) groups is 1. The number of carbonyl (C=O) groups excluding carboxylic acids is 1. The average molecular weight is 627 g/mol. The van der Waals surface area contributed by atoms with Gasteiger partial charge in [-0.25, -0.2) is 18.3 Å². The Labute approximate surface area is 234 Å². The molecule has 0 aliphatic carbocycles. The van der Waals surface area contributed by atoms with Gasteiger partial charge in [0.05, 0.1) is 11.9 Å². The van der Waals surface area contributed by atoms with Gasteiger partial charge >= 0.3 is 0 Å². The maximum absolute atomic E-state index is 14.1. The van der Waals surface area contributed by atoms with Gasteiger partial charge in [-0.3, -0.25) is 9.36 Å². The fraction of sp³-hybridized carbons (Fsp3) is 0.360. The van der Waals surface area contributed by atoms with E-state index in [2.05, 4.69) is 25.8 Å². The Hall–Kier alpha value is -1.95. The highest BCUT2D eigenvalue weighted by Gasteiger charge is 2.52. The lowest BCUT2D eigenvalue weighted by atomic mass is 9.92. The molecule has 3 heterocycles. The third-order valence-corrected chi connectivity index (χ3v) is 9.74. The highest BCUT2D eigenvalue weighted by Crippen LogP contribution is 2.44. The van der Waals surface area contributed by atoms with E-state index >= 15 is 0 Å². The van der Waals surface area contributed by atoms with Crippen LogP contribution in [0.2, 0.25) is 10.0 Å². The SMILES string of the molecule is CN1CCCN(S(=O)(=O)c2cnc3n2[C@](C)(Cc2ccc(Br)cc2)C(=O)N3c2cc(Cl)cc(Cl)c2)CC1. The van der Waals surface area contributed by atoms with Gasteiger partial charge in [-0.15, -0.1) is 0 Å². The van der Waals surface area contributed by atoms with Gasteiger partial charge in [0.1, 0.15) is 5.54 Å². The van der Waals surface area contributed by atoms with Crippen LogP contribution in [-0.2, 0) is 26.8 Å². The minimum atomic E-state index is -3.94. The van der Waals surface area contributed by atoms with E-state index in [1.54, 1.807) is 29.7 Å². The number of sulfonamides is 1. The molecule has 2 aliphatic rings. The van der Waals surface area contributed by atoms with Crippen LogP contribution in [-0.4, -0.2) is 66.3 Å². The number of nitrogens with zero attached hydrogens (tertiary/aromatic N) is 5. The molecule has 8 nitrogen and oxygen atoms in total. The normalized spacial score (nSPS) is 21.3. The molecule has 0 saturated carbocycles. The number of anilines is 2. The fourth-order valence-corrected chi connectivity index (χ4v) is 7.44. The van der Waals surface area contributed by atoms with E-state index < -0.39 is 15.6 Å². The van der Waals surface area contributed by atoms with Crippen LogP contribution in [0.15, 0.2) is 58.2 Å². The third kappa shape index (κ3) is 4.84. The molecule has 3 aromatic rings. The molecule has 1 atom stereocenters. The lowest BCUT2D eigenvalue weighted by Gasteiger charge is -2.28. The summed E-state index contributed by atoms with van der Waals surface area (Å²) in [6, 6.07) is 12.4.